The molecule has 0 fully saturated rings. The zero-order chi connectivity index (χ0) is 9.84. The molecule has 0 aliphatic carbocycles. The second-order valence-corrected chi connectivity index (χ2v) is 3.27. The predicted octanol–water partition coefficient (Wildman–Crippen LogP) is 2.53. The quantitative estimate of drug-likeness (QED) is 0.811. The van der Waals surface area contributed by atoms with E-state index < -0.39 is 5.97 Å². The fourth-order valence-electron chi connectivity index (χ4n) is 1.27. The van der Waals surface area contributed by atoms with Crippen LogP contribution in [0.15, 0.2) is 18.2 Å². The Balaban J connectivity index is 3.01. The smallest absolute Gasteiger partial charge is 0.307 e. The number of aryl methyl sites for hydroxylation is 1. The van der Waals surface area contributed by atoms with Gasteiger partial charge in [0.25, 0.3) is 0 Å². The molecule has 0 aliphatic heterocycles. The molecular formula is C10H11ClO2. The van der Waals surface area contributed by atoms with E-state index in [2.05, 4.69) is 0 Å². The Hall–Kier alpha value is -1.02. The third-order valence-electron chi connectivity index (χ3n) is 1.89. The first kappa shape index (κ1) is 10.1. The van der Waals surface area contributed by atoms with Crippen LogP contribution in [0.3, 0.4) is 0 Å². The monoisotopic (exact) mass is 198 g/mol. The van der Waals surface area contributed by atoms with Gasteiger partial charge >= 0.3 is 5.97 Å². The number of rotatable bonds is 3. The highest BCUT2D eigenvalue weighted by Gasteiger charge is 2.05. The van der Waals surface area contributed by atoms with Gasteiger partial charge in [0.05, 0.1) is 6.42 Å². The molecule has 1 aromatic rings. The Kier molecular flexibility index (Phi) is 3.32. The van der Waals surface area contributed by atoms with Crippen molar-refractivity contribution in [3.8, 4) is 0 Å². The highest BCUT2D eigenvalue weighted by molar-refractivity contribution is 6.30. The van der Waals surface area contributed by atoms with Gasteiger partial charge in [0.2, 0.25) is 0 Å². The molecule has 1 N–H and O–H groups in total. The van der Waals surface area contributed by atoms with Crippen molar-refractivity contribution in [2.45, 2.75) is 19.8 Å². The molecule has 70 valence electrons. The van der Waals surface area contributed by atoms with E-state index in [0.29, 0.717) is 5.02 Å². The van der Waals surface area contributed by atoms with Crippen molar-refractivity contribution in [2.24, 2.45) is 0 Å². The molecule has 0 unspecified atom stereocenters. The average molecular weight is 199 g/mol. The van der Waals surface area contributed by atoms with E-state index in [9.17, 15) is 4.79 Å². The van der Waals surface area contributed by atoms with Gasteiger partial charge in [0, 0.05) is 5.02 Å². The van der Waals surface area contributed by atoms with Gasteiger partial charge in [-0.1, -0.05) is 24.6 Å². The van der Waals surface area contributed by atoms with E-state index >= 15 is 0 Å². The van der Waals surface area contributed by atoms with E-state index in [-0.39, 0.29) is 6.42 Å². The SMILES string of the molecule is CCc1ccc(Cl)cc1CC(=O)O. The van der Waals surface area contributed by atoms with Crippen LogP contribution >= 0.6 is 11.6 Å². The number of halogens is 1. The minimum Gasteiger partial charge on any atom is -0.481 e. The number of hydrogen-bond acceptors (Lipinski definition) is 1. The Morgan fingerprint density at radius 2 is 2.15 bits per heavy atom. The highest BCUT2D eigenvalue weighted by atomic mass is 35.5. The van der Waals surface area contributed by atoms with Gasteiger partial charge < -0.3 is 5.11 Å². The number of carboxylic acids is 1. The lowest BCUT2D eigenvalue weighted by molar-refractivity contribution is -0.136. The largest absolute Gasteiger partial charge is 0.481 e. The maximum Gasteiger partial charge on any atom is 0.307 e. The molecule has 0 heterocycles. The molecule has 0 aliphatic rings. The Bertz CT molecular complexity index is 321. The van der Waals surface area contributed by atoms with Crippen molar-refractivity contribution in [3.05, 3.63) is 34.3 Å². The summed E-state index contributed by atoms with van der Waals surface area (Å²) in [4.78, 5) is 10.5. The maximum absolute atomic E-state index is 10.5. The Labute approximate surface area is 82.2 Å². The van der Waals surface area contributed by atoms with Crippen LogP contribution in [-0.4, -0.2) is 11.1 Å². The van der Waals surface area contributed by atoms with Crippen LogP contribution in [0.1, 0.15) is 18.1 Å². The van der Waals surface area contributed by atoms with Crippen molar-refractivity contribution in [3.63, 3.8) is 0 Å². The molecule has 0 atom stereocenters. The van der Waals surface area contributed by atoms with Gasteiger partial charge in [0.1, 0.15) is 0 Å². The minimum absolute atomic E-state index is 0.0454. The van der Waals surface area contributed by atoms with Crippen molar-refractivity contribution < 1.29 is 9.90 Å². The number of benzene rings is 1. The standard InChI is InChI=1S/C10H11ClO2/c1-2-7-3-4-9(11)5-8(7)6-10(12)13/h3-5H,2,6H2,1H3,(H,12,13). The molecular weight excluding hydrogens is 188 g/mol. The minimum atomic E-state index is -0.822. The molecule has 0 bridgehead atoms. The summed E-state index contributed by atoms with van der Waals surface area (Å²) in [5.41, 5.74) is 1.86. The molecule has 2 nitrogen and oxygen atoms in total. The van der Waals surface area contributed by atoms with E-state index in [1.165, 1.54) is 0 Å². The van der Waals surface area contributed by atoms with Crippen LogP contribution < -0.4 is 0 Å². The topological polar surface area (TPSA) is 37.3 Å². The van der Waals surface area contributed by atoms with Crippen molar-refractivity contribution in [1.29, 1.82) is 0 Å². The van der Waals surface area contributed by atoms with Gasteiger partial charge in [0.15, 0.2) is 0 Å². The molecule has 0 saturated carbocycles. The molecule has 1 rings (SSSR count). The molecule has 1 aromatic carbocycles. The van der Waals surface area contributed by atoms with Crippen LogP contribution in [-0.2, 0) is 17.6 Å². The predicted molar refractivity (Wildman–Crippen MR) is 52.2 cm³/mol. The lowest BCUT2D eigenvalue weighted by Crippen LogP contribution is -2.03. The second-order valence-electron chi connectivity index (χ2n) is 2.84. The van der Waals surface area contributed by atoms with Gasteiger partial charge in [-0.2, -0.15) is 0 Å². The van der Waals surface area contributed by atoms with Crippen LogP contribution in [0.2, 0.25) is 5.02 Å². The number of carboxylic acid groups (broad SMARTS) is 1. The average Bonchev–Trinajstić information content (AvgIpc) is 2.03. The molecule has 0 amide bonds. The molecule has 13 heavy (non-hydrogen) atoms. The summed E-state index contributed by atoms with van der Waals surface area (Å²) in [6, 6.07) is 5.38. The summed E-state index contributed by atoms with van der Waals surface area (Å²) in [6.07, 6.45) is 0.878. The lowest BCUT2D eigenvalue weighted by Gasteiger charge is -2.05. The van der Waals surface area contributed by atoms with Gasteiger partial charge in [-0.15, -0.1) is 0 Å². The summed E-state index contributed by atoms with van der Waals surface area (Å²) < 4.78 is 0. The zero-order valence-corrected chi connectivity index (χ0v) is 8.14. The first-order valence-electron chi connectivity index (χ1n) is 4.12. The normalized spacial score (nSPS) is 10.0. The first-order valence-corrected chi connectivity index (χ1v) is 4.50. The fraction of sp³-hybridized carbons (Fsp3) is 0.300. The summed E-state index contributed by atoms with van der Waals surface area (Å²) >= 11 is 5.76. The van der Waals surface area contributed by atoms with Crippen LogP contribution in [0.5, 0.6) is 0 Å². The summed E-state index contributed by atoms with van der Waals surface area (Å²) in [5, 5.41) is 9.23. The summed E-state index contributed by atoms with van der Waals surface area (Å²) in [5.74, 6) is -0.822. The van der Waals surface area contributed by atoms with E-state index in [0.717, 1.165) is 17.5 Å². The van der Waals surface area contributed by atoms with Crippen LogP contribution in [0.4, 0.5) is 0 Å². The number of aliphatic carboxylic acids is 1. The van der Waals surface area contributed by atoms with Crippen LogP contribution in [0.25, 0.3) is 0 Å². The van der Waals surface area contributed by atoms with E-state index in [1.807, 2.05) is 13.0 Å². The molecule has 0 aromatic heterocycles. The first-order chi connectivity index (χ1) is 6.13. The molecule has 3 heteroatoms. The summed E-state index contributed by atoms with van der Waals surface area (Å²) in [6.45, 7) is 1.99. The van der Waals surface area contributed by atoms with Crippen LogP contribution in [0, 0.1) is 0 Å². The lowest BCUT2D eigenvalue weighted by atomic mass is 10.0. The number of hydrogen-bond donors (Lipinski definition) is 1. The van der Waals surface area contributed by atoms with Gasteiger partial charge in [-0.05, 0) is 29.7 Å². The third-order valence-corrected chi connectivity index (χ3v) is 2.13. The number of carbonyl (C=O) groups is 1. The Morgan fingerprint density at radius 3 is 2.69 bits per heavy atom. The third kappa shape index (κ3) is 2.74. The van der Waals surface area contributed by atoms with Crippen molar-refractivity contribution in [1.82, 2.24) is 0 Å². The van der Waals surface area contributed by atoms with Crippen molar-refractivity contribution in [2.75, 3.05) is 0 Å². The second kappa shape index (κ2) is 4.28. The fourth-order valence-corrected chi connectivity index (χ4v) is 1.46. The van der Waals surface area contributed by atoms with E-state index in [4.69, 9.17) is 16.7 Å². The van der Waals surface area contributed by atoms with Crippen molar-refractivity contribution >= 4 is 17.6 Å². The molecule has 0 saturated heterocycles. The van der Waals surface area contributed by atoms with Gasteiger partial charge in [-0.25, -0.2) is 0 Å². The Morgan fingerprint density at radius 1 is 1.46 bits per heavy atom. The molecule has 0 radical (unpaired) electrons. The van der Waals surface area contributed by atoms with E-state index in [1.54, 1.807) is 12.1 Å². The highest BCUT2D eigenvalue weighted by Crippen LogP contribution is 2.17. The zero-order valence-electron chi connectivity index (χ0n) is 7.38. The maximum atomic E-state index is 10.5. The molecule has 0 spiro atoms. The summed E-state index contributed by atoms with van der Waals surface area (Å²) in [7, 11) is 0. The van der Waals surface area contributed by atoms with Gasteiger partial charge in [-0.3, -0.25) is 4.79 Å².